The molecule has 1 rings (SSSR count). The van der Waals surface area contributed by atoms with Gasteiger partial charge in [0.15, 0.2) is 0 Å². The highest BCUT2D eigenvalue weighted by molar-refractivity contribution is 4.98. The van der Waals surface area contributed by atoms with Gasteiger partial charge in [-0.05, 0) is 43.9 Å². The first kappa shape index (κ1) is 13.6. The molecule has 1 N–H and O–H groups in total. The van der Waals surface area contributed by atoms with Crippen LogP contribution in [0.1, 0.15) is 65.7 Å². The van der Waals surface area contributed by atoms with Gasteiger partial charge in [0.2, 0.25) is 0 Å². The normalized spacial score (nSPS) is 20.6. The van der Waals surface area contributed by atoms with E-state index in [2.05, 4.69) is 25.7 Å². The van der Waals surface area contributed by atoms with Crippen molar-refractivity contribution in [2.45, 2.75) is 71.8 Å². The molecular formula is C15H26O. The SMILES string of the molecule is CC#CCCC(O)C1(CC(C)C)CCCC1. The molecular weight excluding hydrogens is 196 g/mol. The molecule has 0 radical (unpaired) electrons. The number of hydrogen-bond acceptors (Lipinski definition) is 1. The third-order valence-electron chi connectivity index (χ3n) is 3.84. The molecule has 1 saturated carbocycles. The quantitative estimate of drug-likeness (QED) is 0.702. The first-order valence-electron chi connectivity index (χ1n) is 6.68. The lowest BCUT2D eigenvalue weighted by molar-refractivity contribution is 0.00814. The molecule has 1 fully saturated rings. The lowest BCUT2D eigenvalue weighted by Gasteiger charge is -2.35. The summed E-state index contributed by atoms with van der Waals surface area (Å²) in [6.07, 6.45) is 7.75. The van der Waals surface area contributed by atoms with E-state index in [1.54, 1.807) is 0 Å². The molecule has 92 valence electrons. The van der Waals surface area contributed by atoms with Crippen LogP contribution in [0.3, 0.4) is 0 Å². The topological polar surface area (TPSA) is 20.2 Å². The first-order valence-corrected chi connectivity index (χ1v) is 6.68. The van der Waals surface area contributed by atoms with Crippen LogP contribution in [0.5, 0.6) is 0 Å². The van der Waals surface area contributed by atoms with E-state index in [4.69, 9.17) is 0 Å². The van der Waals surface area contributed by atoms with E-state index in [1.807, 2.05) is 6.92 Å². The zero-order valence-corrected chi connectivity index (χ0v) is 11.1. The molecule has 0 heterocycles. The van der Waals surface area contributed by atoms with Gasteiger partial charge in [-0.3, -0.25) is 0 Å². The van der Waals surface area contributed by atoms with Gasteiger partial charge < -0.3 is 5.11 Å². The summed E-state index contributed by atoms with van der Waals surface area (Å²) in [7, 11) is 0. The van der Waals surface area contributed by atoms with Crippen LogP contribution in [-0.2, 0) is 0 Å². The summed E-state index contributed by atoms with van der Waals surface area (Å²) in [6, 6.07) is 0. The van der Waals surface area contributed by atoms with Crippen LogP contribution < -0.4 is 0 Å². The van der Waals surface area contributed by atoms with Crippen molar-refractivity contribution in [3.8, 4) is 11.8 Å². The van der Waals surface area contributed by atoms with Gasteiger partial charge in [0, 0.05) is 6.42 Å². The molecule has 0 spiro atoms. The number of aliphatic hydroxyl groups is 1. The van der Waals surface area contributed by atoms with Crippen molar-refractivity contribution in [2.75, 3.05) is 0 Å². The van der Waals surface area contributed by atoms with Gasteiger partial charge in [0.1, 0.15) is 0 Å². The summed E-state index contributed by atoms with van der Waals surface area (Å²) in [5.74, 6) is 6.65. The molecule has 0 aliphatic heterocycles. The Labute approximate surface area is 101 Å². The largest absolute Gasteiger partial charge is 0.393 e. The maximum absolute atomic E-state index is 10.4. The minimum atomic E-state index is -0.141. The van der Waals surface area contributed by atoms with Gasteiger partial charge in [0.05, 0.1) is 6.10 Å². The van der Waals surface area contributed by atoms with Crippen molar-refractivity contribution >= 4 is 0 Å². The monoisotopic (exact) mass is 222 g/mol. The molecule has 0 aromatic rings. The molecule has 0 aromatic carbocycles. The van der Waals surface area contributed by atoms with Gasteiger partial charge in [-0.1, -0.05) is 26.7 Å². The van der Waals surface area contributed by atoms with Crippen molar-refractivity contribution in [1.29, 1.82) is 0 Å². The third-order valence-corrected chi connectivity index (χ3v) is 3.84. The number of hydrogen-bond donors (Lipinski definition) is 1. The highest BCUT2D eigenvalue weighted by Crippen LogP contribution is 2.46. The molecule has 16 heavy (non-hydrogen) atoms. The predicted molar refractivity (Wildman–Crippen MR) is 69.0 cm³/mol. The van der Waals surface area contributed by atoms with Crippen molar-refractivity contribution in [2.24, 2.45) is 11.3 Å². The summed E-state index contributed by atoms with van der Waals surface area (Å²) >= 11 is 0. The van der Waals surface area contributed by atoms with Gasteiger partial charge >= 0.3 is 0 Å². The zero-order chi connectivity index (χ0) is 12.0. The third kappa shape index (κ3) is 3.52. The minimum Gasteiger partial charge on any atom is -0.393 e. The fourth-order valence-corrected chi connectivity index (χ4v) is 3.21. The van der Waals surface area contributed by atoms with Crippen LogP contribution in [0, 0.1) is 23.2 Å². The van der Waals surface area contributed by atoms with Crippen molar-refractivity contribution in [3.05, 3.63) is 0 Å². The molecule has 1 nitrogen and oxygen atoms in total. The molecule has 0 aromatic heterocycles. The summed E-state index contributed by atoms with van der Waals surface area (Å²) < 4.78 is 0. The lowest BCUT2D eigenvalue weighted by atomic mass is 9.73. The van der Waals surface area contributed by atoms with E-state index in [0.29, 0.717) is 5.92 Å². The Kier molecular flexibility index (Phi) is 5.35. The van der Waals surface area contributed by atoms with Crippen LogP contribution >= 0.6 is 0 Å². The standard InChI is InChI=1S/C15H26O/c1-4-5-6-9-14(16)15(12-13(2)3)10-7-8-11-15/h13-14,16H,6-12H2,1-3H3. The van der Waals surface area contributed by atoms with Crippen LogP contribution in [0.2, 0.25) is 0 Å². The summed E-state index contributed by atoms with van der Waals surface area (Å²) in [4.78, 5) is 0. The molecule has 1 heteroatoms. The van der Waals surface area contributed by atoms with E-state index >= 15 is 0 Å². The Morgan fingerprint density at radius 1 is 1.25 bits per heavy atom. The average molecular weight is 222 g/mol. The van der Waals surface area contributed by atoms with E-state index in [1.165, 1.54) is 32.1 Å². The van der Waals surface area contributed by atoms with Crippen LogP contribution in [0.25, 0.3) is 0 Å². The minimum absolute atomic E-state index is 0.141. The number of aliphatic hydroxyl groups excluding tert-OH is 1. The Morgan fingerprint density at radius 2 is 1.88 bits per heavy atom. The molecule has 1 atom stereocenters. The second-order valence-corrected chi connectivity index (χ2v) is 5.65. The van der Waals surface area contributed by atoms with Gasteiger partial charge in [-0.25, -0.2) is 0 Å². The van der Waals surface area contributed by atoms with Gasteiger partial charge in [-0.15, -0.1) is 11.8 Å². The number of rotatable bonds is 5. The maximum atomic E-state index is 10.4. The van der Waals surface area contributed by atoms with Gasteiger partial charge in [0.25, 0.3) is 0 Å². The molecule has 1 aliphatic carbocycles. The van der Waals surface area contributed by atoms with Crippen molar-refractivity contribution in [3.63, 3.8) is 0 Å². The highest BCUT2D eigenvalue weighted by Gasteiger charge is 2.40. The molecule has 1 unspecified atom stereocenters. The van der Waals surface area contributed by atoms with Crippen LogP contribution in [0.4, 0.5) is 0 Å². The summed E-state index contributed by atoms with van der Waals surface area (Å²) in [5, 5.41) is 10.4. The predicted octanol–water partition coefficient (Wildman–Crippen LogP) is 3.76. The fraction of sp³-hybridized carbons (Fsp3) is 0.867. The molecule has 0 bridgehead atoms. The molecule has 0 amide bonds. The van der Waals surface area contributed by atoms with E-state index < -0.39 is 0 Å². The average Bonchev–Trinajstić information content (AvgIpc) is 2.67. The first-order chi connectivity index (χ1) is 7.60. The summed E-state index contributed by atoms with van der Waals surface area (Å²) in [5.41, 5.74) is 0.212. The Hall–Kier alpha value is -0.480. The van der Waals surface area contributed by atoms with Gasteiger partial charge in [-0.2, -0.15) is 0 Å². The summed E-state index contributed by atoms with van der Waals surface area (Å²) in [6.45, 7) is 6.39. The van der Waals surface area contributed by atoms with Crippen molar-refractivity contribution in [1.82, 2.24) is 0 Å². The van der Waals surface area contributed by atoms with Crippen molar-refractivity contribution < 1.29 is 5.11 Å². The lowest BCUT2D eigenvalue weighted by Crippen LogP contribution is -2.34. The fourth-order valence-electron chi connectivity index (χ4n) is 3.21. The Bertz CT molecular complexity index is 250. The second-order valence-electron chi connectivity index (χ2n) is 5.65. The molecule has 0 saturated heterocycles. The molecule has 1 aliphatic rings. The Balaban J connectivity index is 2.56. The Morgan fingerprint density at radius 3 is 2.38 bits per heavy atom. The zero-order valence-electron chi connectivity index (χ0n) is 11.1. The van der Waals surface area contributed by atoms with Crippen LogP contribution in [0.15, 0.2) is 0 Å². The highest BCUT2D eigenvalue weighted by atomic mass is 16.3. The van der Waals surface area contributed by atoms with Crippen LogP contribution in [-0.4, -0.2) is 11.2 Å². The van der Waals surface area contributed by atoms with E-state index in [9.17, 15) is 5.11 Å². The maximum Gasteiger partial charge on any atom is 0.0605 e. The smallest absolute Gasteiger partial charge is 0.0605 e. The van der Waals surface area contributed by atoms with E-state index in [-0.39, 0.29) is 11.5 Å². The second kappa shape index (κ2) is 6.30. The van der Waals surface area contributed by atoms with E-state index in [0.717, 1.165) is 12.8 Å².